The zero-order valence-electron chi connectivity index (χ0n) is 12.2. The molecule has 8 heteroatoms. The lowest BCUT2D eigenvalue weighted by Crippen LogP contribution is -2.42. The fourth-order valence-corrected chi connectivity index (χ4v) is 3.49. The molecule has 1 saturated heterocycles. The van der Waals surface area contributed by atoms with E-state index in [0.717, 1.165) is 0 Å². The molecule has 1 heterocycles. The molecule has 0 bridgehead atoms. The summed E-state index contributed by atoms with van der Waals surface area (Å²) in [4.78, 5) is 0. The second-order valence-electron chi connectivity index (χ2n) is 5.06. The Morgan fingerprint density at radius 2 is 2.09 bits per heavy atom. The summed E-state index contributed by atoms with van der Waals surface area (Å²) in [5.41, 5.74) is 0.629. The fraction of sp³-hybridized carbons (Fsp3) is 0.571. The number of hydrogen-bond donors (Lipinski definition) is 1. The van der Waals surface area contributed by atoms with E-state index in [1.54, 1.807) is 12.1 Å². The minimum Gasteiger partial charge on any atom is -0.380 e. The molecule has 0 aromatic heterocycles. The van der Waals surface area contributed by atoms with E-state index in [1.807, 2.05) is 0 Å². The summed E-state index contributed by atoms with van der Waals surface area (Å²) in [6.07, 6.45) is -1.49. The molecule has 124 valence electrons. The summed E-state index contributed by atoms with van der Waals surface area (Å²) in [5, 5.41) is 0. The van der Waals surface area contributed by atoms with Gasteiger partial charge < -0.3 is 4.74 Å². The Hall–Kier alpha value is -1.09. The van der Waals surface area contributed by atoms with Gasteiger partial charge in [0.1, 0.15) is 0 Å². The van der Waals surface area contributed by atoms with Crippen LogP contribution in [0.25, 0.3) is 0 Å². The quantitative estimate of drug-likeness (QED) is 0.862. The van der Waals surface area contributed by atoms with Crippen molar-refractivity contribution in [3.05, 3.63) is 35.4 Å². The highest BCUT2D eigenvalue weighted by Gasteiger charge is 2.22. The molecule has 22 heavy (non-hydrogen) atoms. The van der Waals surface area contributed by atoms with Gasteiger partial charge in [-0.1, -0.05) is 24.3 Å². The molecule has 0 spiro atoms. The summed E-state index contributed by atoms with van der Waals surface area (Å²) in [5.74, 6) is 0. The predicted octanol–water partition coefficient (Wildman–Crippen LogP) is 1.72. The van der Waals surface area contributed by atoms with Crippen molar-refractivity contribution >= 4 is 10.2 Å². The number of alkyl halides is 2. The fourth-order valence-electron chi connectivity index (χ4n) is 2.26. The van der Waals surface area contributed by atoms with E-state index in [4.69, 9.17) is 4.74 Å². The van der Waals surface area contributed by atoms with Crippen LogP contribution < -0.4 is 4.72 Å². The molecule has 1 aromatic rings. The molecule has 1 aliphatic heterocycles. The molecule has 2 rings (SSSR count). The van der Waals surface area contributed by atoms with Gasteiger partial charge in [0.25, 0.3) is 16.6 Å². The van der Waals surface area contributed by atoms with Gasteiger partial charge in [-0.05, 0) is 18.4 Å². The lowest BCUT2D eigenvalue weighted by molar-refractivity contribution is 0.148. The standard InChI is InChI=1S/C14H20F2N2O3S/c15-14(16)13-4-1-3-12(11-13)5-6-17-22(19,20)18-7-2-9-21-10-8-18/h1,3-4,11,14,17H,2,5-10H2. The Bertz CT molecular complexity index is 573. The van der Waals surface area contributed by atoms with Crippen LogP contribution in [0.2, 0.25) is 0 Å². The highest BCUT2D eigenvalue weighted by Crippen LogP contribution is 2.19. The minimum absolute atomic E-state index is 0.0509. The van der Waals surface area contributed by atoms with Crippen LogP contribution in [-0.4, -0.2) is 45.6 Å². The molecule has 0 radical (unpaired) electrons. The normalized spacial score (nSPS) is 17.6. The highest BCUT2D eigenvalue weighted by atomic mass is 32.2. The van der Waals surface area contributed by atoms with Crippen molar-refractivity contribution in [3.63, 3.8) is 0 Å². The molecule has 5 nitrogen and oxygen atoms in total. The summed E-state index contributed by atoms with van der Waals surface area (Å²) in [6.45, 7) is 1.88. The molecule has 1 aromatic carbocycles. The van der Waals surface area contributed by atoms with E-state index >= 15 is 0 Å². The largest absolute Gasteiger partial charge is 0.380 e. The summed E-state index contributed by atoms with van der Waals surface area (Å²) < 4.78 is 58.6. The number of benzene rings is 1. The minimum atomic E-state index is -3.55. The summed E-state index contributed by atoms with van der Waals surface area (Å²) in [7, 11) is -3.55. The molecular formula is C14H20F2N2O3S. The second-order valence-corrected chi connectivity index (χ2v) is 6.82. The first-order valence-corrected chi connectivity index (χ1v) is 8.62. The Balaban J connectivity index is 1.88. The van der Waals surface area contributed by atoms with Crippen LogP contribution in [0.15, 0.2) is 24.3 Å². The van der Waals surface area contributed by atoms with Gasteiger partial charge in [-0.15, -0.1) is 0 Å². The number of ether oxygens (including phenoxy) is 1. The molecule has 0 unspecified atom stereocenters. The highest BCUT2D eigenvalue weighted by molar-refractivity contribution is 7.87. The number of rotatable bonds is 6. The van der Waals surface area contributed by atoms with Gasteiger partial charge in [-0.25, -0.2) is 13.5 Å². The lowest BCUT2D eigenvalue weighted by atomic mass is 10.1. The molecule has 1 aliphatic rings. The molecule has 0 atom stereocenters. The Labute approximate surface area is 129 Å². The van der Waals surface area contributed by atoms with Gasteiger partial charge in [-0.3, -0.25) is 0 Å². The third-order valence-corrected chi connectivity index (χ3v) is 5.04. The number of nitrogens with zero attached hydrogens (tertiary/aromatic N) is 1. The maximum atomic E-state index is 12.6. The van der Waals surface area contributed by atoms with E-state index in [2.05, 4.69) is 4.72 Å². The summed E-state index contributed by atoms with van der Waals surface area (Å²) in [6, 6.07) is 6.02. The van der Waals surface area contributed by atoms with E-state index < -0.39 is 16.6 Å². The molecular weight excluding hydrogens is 314 g/mol. The van der Waals surface area contributed by atoms with Gasteiger partial charge in [0.2, 0.25) is 0 Å². The topological polar surface area (TPSA) is 58.6 Å². The van der Waals surface area contributed by atoms with Crippen molar-refractivity contribution in [1.82, 2.24) is 9.03 Å². The Kier molecular flexibility index (Phi) is 6.25. The monoisotopic (exact) mass is 334 g/mol. The Morgan fingerprint density at radius 3 is 2.86 bits per heavy atom. The van der Waals surface area contributed by atoms with Crippen LogP contribution in [0.3, 0.4) is 0 Å². The van der Waals surface area contributed by atoms with Crippen LogP contribution in [0.5, 0.6) is 0 Å². The molecule has 0 aliphatic carbocycles. The first-order chi connectivity index (χ1) is 10.5. The van der Waals surface area contributed by atoms with Crippen LogP contribution in [0.4, 0.5) is 8.78 Å². The number of hydrogen-bond acceptors (Lipinski definition) is 3. The van der Waals surface area contributed by atoms with Gasteiger partial charge in [0.05, 0.1) is 6.61 Å². The Morgan fingerprint density at radius 1 is 1.27 bits per heavy atom. The SMILES string of the molecule is O=S(=O)(NCCc1cccc(C(F)F)c1)N1CCCOCC1. The van der Waals surface area contributed by atoms with E-state index in [0.29, 0.717) is 44.7 Å². The van der Waals surface area contributed by atoms with Crippen molar-refractivity contribution < 1.29 is 21.9 Å². The van der Waals surface area contributed by atoms with Gasteiger partial charge in [-0.2, -0.15) is 12.7 Å². The maximum Gasteiger partial charge on any atom is 0.279 e. The van der Waals surface area contributed by atoms with Crippen molar-refractivity contribution in [3.8, 4) is 0 Å². The average Bonchev–Trinajstić information content (AvgIpc) is 2.77. The zero-order valence-corrected chi connectivity index (χ0v) is 13.0. The third-order valence-electron chi connectivity index (χ3n) is 3.42. The first kappa shape index (κ1) is 17.3. The van der Waals surface area contributed by atoms with Gasteiger partial charge >= 0.3 is 0 Å². The van der Waals surface area contributed by atoms with Crippen molar-refractivity contribution in [2.75, 3.05) is 32.8 Å². The second kappa shape index (κ2) is 7.96. The lowest BCUT2D eigenvalue weighted by Gasteiger charge is -2.19. The molecule has 0 saturated carbocycles. The van der Waals surface area contributed by atoms with Crippen molar-refractivity contribution in [1.29, 1.82) is 0 Å². The number of nitrogens with one attached hydrogen (secondary N) is 1. The van der Waals surface area contributed by atoms with Crippen LogP contribution in [-0.2, 0) is 21.4 Å². The van der Waals surface area contributed by atoms with Crippen LogP contribution in [0.1, 0.15) is 24.0 Å². The van der Waals surface area contributed by atoms with Crippen LogP contribution in [0, 0.1) is 0 Å². The molecule has 1 fully saturated rings. The summed E-state index contributed by atoms with van der Waals surface area (Å²) >= 11 is 0. The van der Waals surface area contributed by atoms with Gasteiger partial charge in [0, 0.05) is 31.8 Å². The molecule has 0 amide bonds. The number of halogens is 2. The van der Waals surface area contributed by atoms with Gasteiger partial charge in [0.15, 0.2) is 0 Å². The van der Waals surface area contributed by atoms with Crippen LogP contribution >= 0.6 is 0 Å². The van der Waals surface area contributed by atoms with Crippen molar-refractivity contribution in [2.24, 2.45) is 0 Å². The van der Waals surface area contributed by atoms with E-state index in [9.17, 15) is 17.2 Å². The van der Waals surface area contributed by atoms with Crippen molar-refractivity contribution in [2.45, 2.75) is 19.3 Å². The zero-order chi connectivity index (χ0) is 16.0. The maximum absolute atomic E-state index is 12.6. The third kappa shape index (κ3) is 4.98. The average molecular weight is 334 g/mol. The first-order valence-electron chi connectivity index (χ1n) is 7.18. The smallest absolute Gasteiger partial charge is 0.279 e. The van der Waals surface area contributed by atoms with E-state index in [-0.39, 0.29) is 12.1 Å². The molecule has 1 N–H and O–H groups in total. The van der Waals surface area contributed by atoms with E-state index in [1.165, 1.54) is 16.4 Å². The predicted molar refractivity (Wildman–Crippen MR) is 79.0 cm³/mol.